The summed E-state index contributed by atoms with van der Waals surface area (Å²) in [6.45, 7) is 4.46. The molecule has 0 spiro atoms. The molecule has 0 aliphatic heterocycles. The normalized spacial score (nSPS) is 23.9. The predicted molar refractivity (Wildman–Crippen MR) is 77.3 cm³/mol. The summed E-state index contributed by atoms with van der Waals surface area (Å²) in [5.41, 5.74) is 0.963. The van der Waals surface area contributed by atoms with Crippen molar-refractivity contribution in [1.29, 1.82) is 0 Å². The molecular formula is C16H19ClO2. The van der Waals surface area contributed by atoms with E-state index in [0.717, 1.165) is 17.4 Å². The summed E-state index contributed by atoms with van der Waals surface area (Å²) < 4.78 is 5.78. The van der Waals surface area contributed by atoms with Crippen LogP contribution in [-0.4, -0.2) is 5.11 Å². The number of fused-ring (bicyclic) bond motifs is 1. The molecule has 0 saturated heterocycles. The van der Waals surface area contributed by atoms with Gasteiger partial charge in [-0.15, -0.1) is 0 Å². The summed E-state index contributed by atoms with van der Waals surface area (Å²) in [6.07, 6.45) is 2.89. The Morgan fingerprint density at radius 3 is 2.84 bits per heavy atom. The van der Waals surface area contributed by atoms with Gasteiger partial charge in [0.2, 0.25) is 0 Å². The van der Waals surface area contributed by atoms with Gasteiger partial charge in [0.1, 0.15) is 17.4 Å². The average Bonchev–Trinajstić information content (AvgIpc) is 2.90. The fraction of sp³-hybridized carbons (Fsp3) is 0.500. The Balaban J connectivity index is 1.95. The number of furan rings is 1. The predicted octanol–water partition coefficient (Wildman–Crippen LogP) is 4.95. The Labute approximate surface area is 118 Å². The van der Waals surface area contributed by atoms with Gasteiger partial charge in [0.15, 0.2) is 0 Å². The van der Waals surface area contributed by atoms with E-state index in [0.29, 0.717) is 10.8 Å². The van der Waals surface area contributed by atoms with Crippen LogP contribution in [-0.2, 0) is 0 Å². The zero-order valence-electron chi connectivity index (χ0n) is 11.3. The minimum Gasteiger partial charge on any atom is -0.458 e. The van der Waals surface area contributed by atoms with E-state index < -0.39 is 6.10 Å². The maximum absolute atomic E-state index is 10.6. The van der Waals surface area contributed by atoms with Crippen molar-refractivity contribution in [3.05, 3.63) is 35.0 Å². The van der Waals surface area contributed by atoms with E-state index >= 15 is 0 Å². The fourth-order valence-corrected chi connectivity index (χ4v) is 3.50. The van der Waals surface area contributed by atoms with Gasteiger partial charge in [-0.25, -0.2) is 0 Å². The molecule has 102 valence electrons. The van der Waals surface area contributed by atoms with Crippen molar-refractivity contribution in [2.24, 2.45) is 11.3 Å². The number of aliphatic hydroxyl groups excluding tert-OH is 1. The van der Waals surface area contributed by atoms with Gasteiger partial charge >= 0.3 is 0 Å². The highest BCUT2D eigenvalue weighted by Crippen LogP contribution is 2.49. The molecular weight excluding hydrogens is 260 g/mol. The smallest absolute Gasteiger partial charge is 0.134 e. The zero-order chi connectivity index (χ0) is 13.6. The standard InChI is InChI=1S/C16H19ClO2/c1-16(2)7-3-4-12(16)15(18)14-9-10-8-11(17)5-6-13(10)19-14/h5-6,8-9,12,15,18H,3-4,7H2,1-2H3. The number of hydrogen-bond acceptors (Lipinski definition) is 2. The third kappa shape index (κ3) is 2.28. The lowest BCUT2D eigenvalue weighted by Gasteiger charge is -2.30. The highest BCUT2D eigenvalue weighted by Gasteiger charge is 2.40. The zero-order valence-corrected chi connectivity index (χ0v) is 12.1. The molecule has 0 amide bonds. The number of benzene rings is 1. The minimum absolute atomic E-state index is 0.177. The number of aliphatic hydroxyl groups is 1. The van der Waals surface area contributed by atoms with Gasteiger partial charge in [0.05, 0.1) is 0 Å². The second kappa shape index (κ2) is 4.53. The van der Waals surface area contributed by atoms with Gasteiger partial charge in [-0.1, -0.05) is 31.9 Å². The molecule has 1 aliphatic carbocycles. The molecule has 3 rings (SSSR count). The molecule has 2 unspecified atom stereocenters. The van der Waals surface area contributed by atoms with E-state index in [4.69, 9.17) is 16.0 Å². The van der Waals surface area contributed by atoms with E-state index in [9.17, 15) is 5.11 Å². The van der Waals surface area contributed by atoms with Crippen LogP contribution >= 0.6 is 11.6 Å². The van der Waals surface area contributed by atoms with E-state index in [1.54, 1.807) is 0 Å². The van der Waals surface area contributed by atoms with Crippen molar-refractivity contribution < 1.29 is 9.52 Å². The highest BCUT2D eigenvalue weighted by molar-refractivity contribution is 6.31. The largest absolute Gasteiger partial charge is 0.458 e. The van der Waals surface area contributed by atoms with Gasteiger partial charge in [-0.05, 0) is 48.4 Å². The second-order valence-electron chi connectivity index (χ2n) is 6.26. The molecule has 0 bridgehead atoms. The lowest BCUT2D eigenvalue weighted by molar-refractivity contribution is 0.0379. The number of halogens is 1. The third-order valence-electron chi connectivity index (χ3n) is 4.51. The summed E-state index contributed by atoms with van der Waals surface area (Å²) in [5.74, 6) is 0.931. The van der Waals surface area contributed by atoms with Crippen LogP contribution in [0.3, 0.4) is 0 Å². The molecule has 1 heterocycles. The van der Waals surface area contributed by atoms with Crippen LogP contribution in [0.4, 0.5) is 0 Å². The molecule has 3 heteroatoms. The van der Waals surface area contributed by atoms with Gasteiger partial charge in [-0.2, -0.15) is 0 Å². The molecule has 2 nitrogen and oxygen atoms in total. The minimum atomic E-state index is -0.524. The summed E-state index contributed by atoms with van der Waals surface area (Å²) in [4.78, 5) is 0. The Kier molecular flexibility index (Phi) is 3.11. The van der Waals surface area contributed by atoms with Crippen molar-refractivity contribution in [3.8, 4) is 0 Å². The third-order valence-corrected chi connectivity index (χ3v) is 4.75. The van der Waals surface area contributed by atoms with Gasteiger partial charge < -0.3 is 9.52 Å². The molecule has 2 atom stereocenters. The van der Waals surface area contributed by atoms with E-state index in [2.05, 4.69) is 13.8 Å². The van der Waals surface area contributed by atoms with Crippen LogP contribution in [0.5, 0.6) is 0 Å². The van der Waals surface area contributed by atoms with Crippen LogP contribution in [0, 0.1) is 11.3 Å². The number of rotatable bonds is 2. The molecule has 0 radical (unpaired) electrons. The Morgan fingerprint density at radius 2 is 2.16 bits per heavy atom. The first kappa shape index (κ1) is 13.0. The summed E-state index contributed by atoms with van der Waals surface area (Å²) >= 11 is 5.98. The Hall–Kier alpha value is -0.990. The molecule has 1 fully saturated rings. The first-order valence-electron chi connectivity index (χ1n) is 6.84. The molecule has 1 aliphatic rings. The topological polar surface area (TPSA) is 33.4 Å². The lowest BCUT2D eigenvalue weighted by atomic mass is 9.78. The van der Waals surface area contributed by atoms with Crippen molar-refractivity contribution in [2.45, 2.75) is 39.2 Å². The van der Waals surface area contributed by atoms with Crippen molar-refractivity contribution in [1.82, 2.24) is 0 Å². The van der Waals surface area contributed by atoms with Gasteiger partial charge in [0, 0.05) is 10.4 Å². The van der Waals surface area contributed by atoms with Crippen LogP contribution < -0.4 is 0 Å². The van der Waals surface area contributed by atoms with Crippen molar-refractivity contribution >= 4 is 22.6 Å². The van der Waals surface area contributed by atoms with Crippen LogP contribution in [0.1, 0.15) is 45.0 Å². The lowest BCUT2D eigenvalue weighted by Crippen LogP contribution is -2.23. The van der Waals surface area contributed by atoms with Gasteiger partial charge in [-0.3, -0.25) is 0 Å². The molecule has 1 aromatic heterocycles. The molecule has 1 N–H and O–H groups in total. The van der Waals surface area contributed by atoms with E-state index in [1.165, 1.54) is 12.8 Å². The summed E-state index contributed by atoms with van der Waals surface area (Å²) in [5, 5.41) is 12.2. The first-order valence-corrected chi connectivity index (χ1v) is 7.22. The van der Waals surface area contributed by atoms with Crippen LogP contribution in [0.25, 0.3) is 11.0 Å². The molecule has 19 heavy (non-hydrogen) atoms. The van der Waals surface area contributed by atoms with Crippen LogP contribution in [0.2, 0.25) is 5.02 Å². The summed E-state index contributed by atoms with van der Waals surface area (Å²) in [7, 11) is 0. The maximum atomic E-state index is 10.6. The maximum Gasteiger partial charge on any atom is 0.134 e. The van der Waals surface area contributed by atoms with Crippen molar-refractivity contribution in [3.63, 3.8) is 0 Å². The molecule has 2 aromatic rings. The Morgan fingerprint density at radius 1 is 1.37 bits per heavy atom. The quantitative estimate of drug-likeness (QED) is 0.843. The molecule has 1 saturated carbocycles. The highest BCUT2D eigenvalue weighted by atomic mass is 35.5. The van der Waals surface area contributed by atoms with E-state index in [1.807, 2.05) is 24.3 Å². The van der Waals surface area contributed by atoms with E-state index in [-0.39, 0.29) is 11.3 Å². The number of hydrogen-bond donors (Lipinski definition) is 1. The SMILES string of the molecule is CC1(C)CCCC1C(O)c1cc2cc(Cl)ccc2o1. The summed E-state index contributed by atoms with van der Waals surface area (Å²) in [6, 6.07) is 7.45. The monoisotopic (exact) mass is 278 g/mol. The second-order valence-corrected chi connectivity index (χ2v) is 6.70. The van der Waals surface area contributed by atoms with Crippen LogP contribution in [0.15, 0.2) is 28.7 Å². The Bertz CT molecular complexity index is 600. The average molecular weight is 279 g/mol. The van der Waals surface area contributed by atoms with Gasteiger partial charge in [0.25, 0.3) is 0 Å². The fourth-order valence-electron chi connectivity index (χ4n) is 3.32. The molecule has 1 aromatic carbocycles. The van der Waals surface area contributed by atoms with Crippen molar-refractivity contribution in [2.75, 3.05) is 0 Å². The first-order chi connectivity index (χ1) is 8.97.